The number of aryl methyl sites for hydroxylation is 2. The fourth-order valence-corrected chi connectivity index (χ4v) is 5.54. The first-order chi connectivity index (χ1) is 19.4. The van der Waals surface area contributed by atoms with Gasteiger partial charge in [-0.1, -0.05) is 30.4 Å². The number of hydrogen-bond donors (Lipinski definition) is 2. The number of benzene rings is 2. The Morgan fingerprint density at radius 3 is 2.51 bits per heavy atom. The Hall–Kier alpha value is -4.34. The number of fused-ring (bicyclic) bond motifs is 1. The molecule has 2 N–H and O–H groups in total. The van der Waals surface area contributed by atoms with E-state index in [-0.39, 0.29) is 41.5 Å². The first kappa shape index (κ1) is 28.2. The molecule has 10 heteroatoms. The molecule has 7 nitrogen and oxygen atoms in total. The molecule has 0 radical (unpaired) electrons. The third-order valence-corrected chi connectivity index (χ3v) is 7.46. The van der Waals surface area contributed by atoms with E-state index in [0.717, 1.165) is 41.7 Å². The van der Waals surface area contributed by atoms with Gasteiger partial charge in [-0.25, -0.2) is 5.43 Å². The third kappa shape index (κ3) is 5.77. The smallest absolute Gasteiger partial charge is 0.416 e. The van der Waals surface area contributed by atoms with E-state index in [9.17, 15) is 27.9 Å². The summed E-state index contributed by atoms with van der Waals surface area (Å²) in [5, 5.41) is 15.9. The number of allylic oxidation sites excluding steroid dienone is 2. The molecule has 2 aromatic carbocycles. The number of carbonyl (C=O) groups excluding carboxylic acids is 2. The number of hydrogen-bond acceptors (Lipinski definition) is 4. The van der Waals surface area contributed by atoms with Gasteiger partial charge >= 0.3 is 6.18 Å². The van der Waals surface area contributed by atoms with Crippen LogP contribution >= 0.6 is 0 Å². The highest BCUT2D eigenvalue weighted by Gasteiger charge is 2.35. The summed E-state index contributed by atoms with van der Waals surface area (Å²) in [6.45, 7) is 6.00. The highest BCUT2D eigenvalue weighted by Crippen LogP contribution is 2.39. The Morgan fingerprint density at radius 2 is 1.85 bits per heavy atom. The van der Waals surface area contributed by atoms with Crippen molar-refractivity contribution >= 4 is 28.4 Å². The van der Waals surface area contributed by atoms with Crippen LogP contribution in [0.4, 0.5) is 13.2 Å². The number of nitrogens with one attached hydrogen (secondary N) is 1. The van der Waals surface area contributed by atoms with Gasteiger partial charge in [0.15, 0.2) is 0 Å². The van der Waals surface area contributed by atoms with Gasteiger partial charge in [-0.3, -0.25) is 14.2 Å². The molecule has 0 saturated carbocycles. The lowest BCUT2D eigenvalue weighted by Crippen LogP contribution is -2.31. The van der Waals surface area contributed by atoms with Gasteiger partial charge in [0, 0.05) is 30.6 Å². The average molecular weight is 565 g/mol. The summed E-state index contributed by atoms with van der Waals surface area (Å²) in [5.74, 6) is -1.44. The Bertz CT molecular complexity index is 1610. The van der Waals surface area contributed by atoms with E-state index in [4.69, 9.17) is 0 Å². The van der Waals surface area contributed by atoms with E-state index in [1.54, 1.807) is 24.0 Å². The van der Waals surface area contributed by atoms with Crippen LogP contribution in [0.15, 0.2) is 65.3 Å². The molecule has 5 rings (SSSR count). The predicted molar refractivity (Wildman–Crippen MR) is 151 cm³/mol. The van der Waals surface area contributed by atoms with Crippen LogP contribution in [0.25, 0.3) is 16.6 Å². The van der Waals surface area contributed by atoms with E-state index in [1.807, 2.05) is 26.0 Å². The van der Waals surface area contributed by atoms with Crippen LogP contribution in [0.1, 0.15) is 48.4 Å². The van der Waals surface area contributed by atoms with Gasteiger partial charge in [0.2, 0.25) is 17.7 Å². The lowest BCUT2D eigenvalue weighted by Gasteiger charge is -2.18. The predicted octanol–water partition coefficient (Wildman–Crippen LogP) is 5.94. The average Bonchev–Trinajstić information content (AvgIpc) is 3.42. The van der Waals surface area contributed by atoms with E-state index in [0.29, 0.717) is 17.6 Å². The number of halogens is 3. The molecule has 41 heavy (non-hydrogen) atoms. The van der Waals surface area contributed by atoms with Gasteiger partial charge in [0.05, 0.1) is 28.3 Å². The van der Waals surface area contributed by atoms with Crippen molar-refractivity contribution in [2.45, 2.75) is 46.2 Å². The number of hydrazone groups is 1. The van der Waals surface area contributed by atoms with Crippen LogP contribution in [0.2, 0.25) is 0 Å². The number of aromatic hydroxyl groups is 1. The summed E-state index contributed by atoms with van der Waals surface area (Å²) in [7, 11) is 0. The van der Waals surface area contributed by atoms with Gasteiger partial charge < -0.3 is 10.0 Å². The van der Waals surface area contributed by atoms with Crippen LogP contribution in [-0.2, 0) is 15.8 Å². The van der Waals surface area contributed by atoms with E-state index < -0.39 is 23.6 Å². The van der Waals surface area contributed by atoms with Crippen molar-refractivity contribution in [3.63, 3.8) is 0 Å². The maximum absolute atomic E-state index is 13.6. The van der Waals surface area contributed by atoms with E-state index >= 15 is 0 Å². The largest absolute Gasteiger partial charge is 0.494 e. The summed E-state index contributed by atoms with van der Waals surface area (Å²) >= 11 is 0. The minimum Gasteiger partial charge on any atom is -0.494 e. The molecule has 3 aromatic rings. The van der Waals surface area contributed by atoms with Crippen molar-refractivity contribution in [1.82, 2.24) is 14.9 Å². The second-order valence-electron chi connectivity index (χ2n) is 10.7. The molecular weight excluding hydrogens is 533 g/mol. The van der Waals surface area contributed by atoms with Crippen LogP contribution in [0.3, 0.4) is 0 Å². The number of rotatable bonds is 6. The number of alkyl halides is 3. The molecular formula is C31H31F3N4O3. The van der Waals surface area contributed by atoms with Crippen molar-refractivity contribution < 1.29 is 27.9 Å². The van der Waals surface area contributed by atoms with Crippen LogP contribution in [-0.4, -0.2) is 45.2 Å². The minimum atomic E-state index is -4.57. The summed E-state index contributed by atoms with van der Waals surface area (Å²) < 4.78 is 42.2. The molecule has 214 valence electrons. The van der Waals surface area contributed by atoms with Gasteiger partial charge in [-0.15, -0.1) is 0 Å². The van der Waals surface area contributed by atoms with Crippen molar-refractivity contribution in [3.8, 4) is 11.6 Å². The molecule has 2 amide bonds. The first-order valence-corrected chi connectivity index (χ1v) is 13.4. The van der Waals surface area contributed by atoms with Crippen molar-refractivity contribution in [2.75, 3.05) is 13.1 Å². The Kier molecular flexibility index (Phi) is 7.50. The zero-order valence-electron chi connectivity index (χ0n) is 23.0. The van der Waals surface area contributed by atoms with Crippen molar-refractivity contribution in [2.24, 2.45) is 11.0 Å². The number of amides is 2. The van der Waals surface area contributed by atoms with Gasteiger partial charge in [0.1, 0.15) is 0 Å². The number of carbonyl (C=O) groups is 2. The zero-order chi connectivity index (χ0) is 29.5. The molecule has 1 aromatic heterocycles. The maximum atomic E-state index is 13.6. The lowest BCUT2D eigenvalue weighted by atomic mass is 10.1. The normalized spacial score (nSPS) is 17.9. The molecule has 0 bridgehead atoms. The molecule has 1 unspecified atom stereocenters. The highest BCUT2D eigenvalue weighted by atomic mass is 19.4. The Morgan fingerprint density at radius 1 is 1.12 bits per heavy atom. The highest BCUT2D eigenvalue weighted by molar-refractivity contribution is 6.13. The minimum absolute atomic E-state index is 0.0644. The van der Waals surface area contributed by atoms with Gasteiger partial charge in [-0.2, -0.15) is 18.3 Å². The molecule has 1 saturated heterocycles. The molecule has 1 fully saturated rings. The molecule has 1 aliphatic heterocycles. The Balaban J connectivity index is 1.44. The monoisotopic (exact) mass is 564 g/mol. The second kappa shape index (κ2) is 10.9. The summed E-state index contributed by atoms with van der Waals surface area (Å²) in [6.07, 6.45) is 3.54. The number of nitrogens with zero attached hydrogens (tertiary/aromatic N) is 3. The molecule has 1 atom stereocenters. The summed E-state index contributed by atoms with van der Waals surface area (Å²) in [5.41, 5.74) is 5.52. The second-order valence-corrected chi connectivity index (χ2v) is 10.7. The third-order valence-electron chi connectivity index (χ3n) is 7.46. The van der Waals surface area contributed by atoms with E-state index in [2.05, 4.69) is 22.7 Å². The van der Waals surface area contributed by atoms with Crippen LogP contribution < -0.4 is 5.43 Å². The maximum Gasteiger partial charge on any atom is 0.416 e. The van der Waals surface area contributed by atoms with Crippen LogP contribution in [0, 0.1) is 19.8 Å². The SMILES string of the molecule is CC(=NNC(=O)C1CC(=O)N(CC2=CCCC=C2)C1)c1c(O)n(-c2cc(C)cc(C)c2)c2cc(C(F)(F)F)ccc12. The summed E-state index contributed by atoms with van der Waals surface area (Å²) in [6, 6.07) is 8.72. The first-order valence-electron chi connectivity index (χ1n) is 13.4. The Labute approximate surface area is 235 Å². The number of likely N-dealkylation sites (tertiary alicyclic amines) is 1. The topological polar surface area (TPSA) is 86.9 Å². The van der Waals surface area contributed by atoms with Gasteiger partial charge in [0.25, 0.3) is 0 Å². The molecule has 2 aliphatic rings. The molecule has 1 aliphatic carbocycles. The van der Waals surface area contributed by atoms with Crippen LogP contribution in [0.5, 0.6) is 5.88 Å². The van der Waals surface area contributed by atoms with E-state index in [1.165, 1.54) is 10.6 Å². The fraction of sp³-hybridized carbons (Fsp3) is 0.323. The lowest BCUT2D eigenvalue weighted by molar-refractivity contribution is -0.137. The fourth-order valence-electron chi connectivity index (χ4n) is 5.54. The quantitative estimate of drug-likeness (QED) is 0.287. The number of aromatic nitrogens is 1. The summed E-state index contributed by atoms with van der Waals surface area (Å²) in [4.78, 5) is 27.1. The van der Waals surface area contributed by atoms with Crippen molar-refractivity contribution in [3.05, 3.63) is 82.5 Å². The zero-order valence-corrected chi connectivity index (χ0v) is 23.0. The molecule has 0 spiro atoms. The van der Waals surface area contributed by atoms with Crippen molar-refractivity contribution in [1.29, 1.82) is 0 Å². The standard InChI is InChI=1S/C31H31F3N4O3/c1-18-11-19(2)13-24(12-18)38-26-15-23(31(32,33)34)9-10-25(26)28(30(38)41)20(3)35-36-29(40)22-14-27(39)37(17-22)16-21-7-5-4-6-8-21/h5,7-13,15,22,41H,4,6,14,16-17H2,1-3H3,(H,36,40). The molecule has 2 heterocycles. The van der Waals surface area contributed by atoms with Gasteiger partial charge in [-0.05, 0) is 74.6 Å².